The molecule has 0 unspecified atom stereocenters. The third kappa shape index (κ3) is 6.49. The molecule has 0 atom stereocenters. The summed E-state index contributed by atoms with van der Waals surface area (Å²) < 4.78 is 25.1. The normalized spacial score (nSPS) is 17.5. The summed E-state index contributed by atoms with van der Waals surface area (Å²) in [4.78, 5) is 8.03. The third-order valence-corrected chi connectivity index (χ3v) is 6.68. The Kier molecular flexibility index (Phi) is 9.53. The smallest absolute Gasteiger partial charge is 0.214 e. The minimum absolute atomic E-state index is 0. The molecule has 0 aromatic carbocycles. The number of aliphatic imine (C=N–C) groups is 1. The quantitative estimate of drug-likeness (QED) is 0.363. The zero-order valence-electron chi connectivity index (χ0n) is 14.3. The fraction of sp³-hybridized carbons (Fsp3) is 0.667. The average Bonchev–Trinajstić information content (AvgIpc) is 3.13. The fourth-order valence-electron chi connectivity index (χ4n) is 2.52. The minimum atomic E-state index is -3.03. The highest BCUT2D eigenvalue weighted by Crippen LogP contribution is 2.12. The Morgan fingerprint density at radius 1 is 1.50 bits per heavy atom. The third-order valence-electron chi connectivity index (χ3n) is 3.78. The van der Waals surface area contributed by atoms with Crippen molar-refractivity contribution in [3.63, 3.8) is 0 Å². The number of rotatable bonds is 7. The molecule has 1 N–H and O–H groups in total. The van der Waals surface area contributed by atoms with E-state index in [-0.39, 0.29) is 29.7 Å². The molecule has 0 amide bonds. The van der Waals surface area contributed by atoms with Crippen molar-refractivity contribution in [3.8, 4) is 0 Å². The van der Waals surface area contributed by atoms with Crippen LogP contribution < -0.4 is 5.32 Å². The van der Waals surface area contributed by atoms with Crippen molar-refractivity contribution in [2.45, 2.75) is 19.8 Å². The highest BCUT2D eigenvalue weighted by atomic mass is 127. The van der Waals surface area contributed by atoms with Crippen LogP contribution in [0.3, 0.4) is 0 Å². The lowest BCUT2D eigenvalue weighted by atomic mass is 10.3. The van der Waals surface area contributed by atoms with Crippen LogP contribution in [-0.2, 0) is 16.4 Å². The van der Waals surface area contributed by atoms with Crippen LogP contribution in [0.25, 0.3) is 0 Å². The minimum Gasteiger partial charge on any atom is -0.357 e. The van der Waals surface area contributed by atoms with E-state index in [1.54, 1.807) is 15.6 Å². The summed E-state index contributed by atoms with van der Waals surface area (Å²) in [5.74, 6) is 1.11. The van der Waals surface area contributed by atoms with Crippen LogP contribution in [-0.4, -0.2) is 69.1 Å². The number of sulfonamides is 1. The Hall–Kier alpha value is -0.390. The molecule has 24 heavy (non-hydrogen) atoms. The molecule has 1 aromatic rings. The van der Waals surface area contributed by atoms with Crippen molar-refractivity contribution in [1.29, 1.82) is 0 Å². The standard InChI is InChI=1S/C15H26N4O2S2.HI/c1-3-16-15(18(2)10-7-14-6-4-12-22-14)17-8-11-19-9-5-13-23(19,20)21;/h4,6,12H,3,5,7-11,13H2,1-2H3,(H,16,17);1H. The van der Waals surface area contributed by atoms with Gasteiger partial charge in [0.15, 0.2) is 5.96 Å². The molecule has 0 bridgehead atoms. The first-order valence-corrected chi connectivity index (χ1v) is 10.5. The van der Waals surface area contributed by atoms with Gasteiger partial charge in [0.05, 0.1) is 12.3 Å². The fourth-order valence-corrected chi connectivity index (χ4v) is 4.74. The number of hydrogen-bond acceptors (Lipinski definition) is 4. The Labute approximate surface area is 166 Å². The second-order valence-corrected chi connectivity index (χ2v) is 8.68. The van der Waals surface area contributed by atoms with Gasteiger partial charge in [-0.05, 0) is 31.2 Å². The molecule has 6 nitrogen and oxygen atoms in total. The predicted octanol–water partition coefficient (Wildman–Crippen LogP) is 1.84. The van der Waals surface area contributed by atoms with Crippen LogP contribution in [0.15, 0.2) is 22.5 Å². The van der Waals surface area contributed by atoms with Crippen LogP contribution >= 0.6 is 35.3 Å². The van der Waals surface area contributed by atoms with Gasteiger partial charge in [-0.2, -0.15) is 0 Å². The van der Waals surface area contributed by atoms with Crippen LogP contribution in [0, 0.1) is 0 Å². The number of likely N-dealkylation sites (N-methyl/N-ethyl adjacent to an activating group) is 1. The molecule has 1 aromatic heterocycles. The summed E-state index contributed by atoms with van der Waals surface area (Å²) in [6.07, 6.45) is 1.71. The Morgan fingerprint density at radius 3 is 2.88 bits per heavy atom. The number of guanidine groups is 1. The van der Waals surface area contributed by atoms with Crippen molar-refractivity contribution >= 4 is 51.3 Å². The summed E-state index contributed by atoms with van der Waals surface area (Å²) in [6, 6.07) is 4.20. The predicted molar refractivity (Wildman–Crippen MR) is 112 cm³/mol. The zero-order chi connectivity index (χ0) is 16.7. The zero-order valence-corrected chi connectivity index (χ0v) is 18.2. The highest BCUT2D eigenvalue weighted by Gasteiger charge is 2.27. The maximum atomic E-state index is 11.8. The maximum Gasteiger partial charge on any atom is 0.214 e. The van der Waals surface area contributed by atoms with Crippen LogP contribution in [0.2, 0.25) is 0 Å². The summed E-state index contributed by atoms with van der Waals surface area (Å²) in [5, 5.41) is 5.36. The van der Waals surface area contributed by atoms with Gasteiger partial charge in [0.2, 0.25) is 10.0 Å². The molecule has 1 saturated heterocycles. The Morgan fingerprint density at radius 2 is 2.29 bits per heavy atom. The van der Waals surface area contributed by atoms with Crippen LogP contribution in [0.1, 0.15) is 18.2 Å². The van der Waals surface area contributed by atoms with Crippen molar-refractivity contribution < 1.29 is 8.42 Å². The largest absolute Gasteiger partial charge is 0.357 e. The number of nitrogens with one attached hydrogen (secondary N) is 1. The second-order valence-electron chi connectivity index (χ2n) is 5.56. The molecular weight excluding hydrogens is 459 g/mol. The molecule has 2 heterocycles. The molecule has 0 aliphatic carbocycles. The van der Waals surface area contributed by atoms with E-state index in [9.17, 15) is 8.42 Å². The van der Waals surface area contributed by atoms with Gasteiger partial charge in [0.1, 0.15) is 0 Å². The number of halogens is 1. The SMILES string of the molecule is CCNC(=NCCN1CCCS1(=O)=O)N(C)CCc1cccs1.I. The monoisotopic (exact) mass is 486 g/mol. The second kappa shape index (κ2) is 10.6. The molecule has 2 rings (SSSR count). The average molecular weight is 486 g/mol. The van der Waals surface area contributed by atoms with Crippen molar-refractivity contribution in [2.75, 3.05) is 45.5 Å². The van der Waals surface area contributed by atoms with Gasteiger partial charge in [-0.1, -0.05) is 6.07 Å². The number of nitrogens with zero attached hydrogens (tertiary/aromatic N) is 3. The molecule has 0 spiro atoms. The lowest BCUT2D eigenvalue weighted by molar-refractivity contribution is 0.447. The summed E-state index contributed by atoms with van der Waals surface area (Å²) in [6.45, 7) is 5.30. The lowest BCUT2D eigenvalue weighted by Gasteiger charge is -2.22. The number of thiophene rings is 1. The van der Waals surface area contributed by atoms with Crippen LogP contribution in [0.4, 0.5) is 0 Å². The first-order valence-electron chi connectivity index (χ1n) is 8.02. The van der Waals surface area contributed by atoms with Gasteiger partial charge in [-0.3, -0.25) is 4.99 Å². The molecule has 138 valence electrons. The van der Waals surface area contributed by atoms with Gasteiger partial charge >= 0.3 is 0 Å². The molecule has 1 fully saturated rings. The number of hydrogen-bond donors (Lipinski definition) is 1. The highest BCUT2D eigenvalue weighted by molar-refractivity contribution is 14.0. The van der Waals surface area contributed by atoms with E-state index in [2.05, 4.69) is 32.7 Å². The maximum absolute atomic E-state index is 11.8. The molecule has 0 radical (unpaired) electrons. The molecule has 1 aliphatic rings. The van der Waals surface area contributed by atoms with E-state index >= 15 is 0 Å². The van der Waals surface area contributed by atoms with E-state index < -0.39 is 10.0 Å². The van der Waals surface area contributed by atoms with E-state index in [1.807, 2.05) is 14.0 Å². The van der Waals surface area contributed by atoms with E-state index in [1.165, 1.54) is 4.88 Å². The Bertz CT molecular complexity index is 605. The van der Waals surface area contributed by atoms with Crippen molar-refractivity contribution in [1.82, 2.24) is 14.5 Å². The Balaban J connectivity index is 0.00000288. The van der Waals surface area contributed by atoms with Crippen LogP contribution in [0.5, 0.6) is 0 Å². The summed E-state index contributed by atoms with van der Waals surface area (Å²) in [5.41, 5.74) is 0. The first-order chi connectivity index (χ1) is 11.0. The van der Waals surface area contributed by atoms with Gasteiger partial charge in [0, 0.05) is 38.1 Å². The van der Waals surface area contributed by atoms with Gasteiger partial charge in [-0.25, -0.2) is 12.7 Å². The van der Waals surface area contributed by atoms with Gasteiger partial charge < -0.3 is 10.2 Å². The topological polar surface area (TPSA) is 65.0 Å². The molecule has 0 saturated carbocycles. The summed E-state index contributed by atoms with van der Waals surface area (Å²) >= 11 is 1.76. The molecule has 9 heteroatoms. The van der Waals surface area contributed by atoms with Gasteiger partial charge in [0.25, 0.3) is 0 Å². The first kappa shape index (κ1) is 21.7. The van der Waals surface area contributed by atoms with E-state index in [0.717, 1.165) is 31.9 Å². The van der Waals surface area contributed by atoms with Crippen molar-refractivity contribution in [2.24, 2.45) is 4.99 Å². The molecular formula is C15H27IN4O2S2. The lowest BCUT2D eigenvalue weighted by Crippen LogP contribution is -2.40. The summed E-state index contributed by atoms with van der Waals surface area (Å²) in [7, 11) is -1.01. The van der Waals surface area contributed by atoms with E-state index in [4.69, 9.17) is 0 Å². The van der Waals surface area contributed by atoms with E-state index in [0.29, 0.717) is 19.6 Å². The molecule has 1 aliphatic heterocycles. The van der Waals surface area contributed by atoms with Crippen molar-refractivity contribution in [3.05, 3.63) is 22.4 Å². The van der Waals surface area contributed by atoms with Gasteiger partial charge in [-0.15, -0.1) is 35.3 Å².